The molecule has 13 heteroatoms. The number of pyridine rings is 2. The number of benzene rings is 3. The fourth-order valence-electron chi connectivity index (χ4n) is 4.83. The van der Waals surface area contributed by atoms with Gasteiger partial charge in [-0.2, -0.15) is 0 Å². The quantitative estimate of drug-likeness (QED) is 0.173. The summed E-state index contributed by atoms with van der Waals surface area (Å²) in [6.07, 6.45) is 1.57. The van der Waals surface area contributed by atoms with Crippen molar-refractivity contribution in [1.82, 2.24) is 9.55 Å². The van der Waals surface area contributed by atoms with E-state index < -0.39 is 40.5 Å². The second kappa shape index (κ2) is 13.7. The number of methoxy groups -OCH3 is 1. The zero-order chi connectivity index (χ0) is 31.5. The monoisotopic (exact) mass is 641 g/mol. The number of hydrogen-bond acceptors (Lipinski definition) is 5. The predicted molar refractivity (Wildman–Crippen MR) is 168 cm³/mol. The van der Waals surface area contributed by atoms with Gasteiger partial charge in [0, 0.05) is 61.2 Å². The Bertz CT molecular complexity index is 1920. The van der Waals surface area contributed by atoms with E-state index in [0.717, 1.165) is 29.5 Å². The number of carbonyl (C=O) groups excluding carboxylic acids is 1. The highest BCUT2D eigenvalue weighted by atomic mass is 35.5. The number of anilines is 3. The van der Waals surface area contributed by atoms with Crippen LogP contribution in [0.25, 0.3) is 22.0 Å². The lowest BCUT2D eigenvalue weighted by Gasteiger charge is -2.20. The van der Waals surface area contributed by atoms with Gasteiger partial charge < -0.3 is 24.8 Å². The highest BCUT2D eigenvalue weighted by molar-refractivity contribution is 6.00. The molecule has 0 bridgehead atoms. The van der Waals surface area contributed by atoms with Crippen molar-refractivity contribution in [2.24, 2.45) is 0 Å². The molecule has 0 aliphatic rings. The summed E-state index contributed by atoms with van der Waals surface area (Å²) in [7, 11) is 3.46. The summed E-state index contributed by atoms with van der Waals surface area (Å²) in [6, 6.07) is 13.7. The molecule has 0 aliphatic heterocycles. The van der Waals surface area contributed by atoms with Crippen LogP contribution in [0.3, 0.4) is 0 Å². The number of fused-ring (bicyclic) bond motifs is 1. The van der Waals surface area contributed by atoms with Crippen molar-refractivity contribution in [1.29, 1.82) is 0 Å². The van der Waals surface area contributed by atoms with Crippen LogP contribution in [-0.4, -0.2) is 29.7 Å². The van der Waals surface area contributed by atoms with Crippen molar-refractivity contribution in [2.75, 3.05) is 29.7 Å². The smallest absolute Gasteiger partial charge is 0.323 e. The number of halogens is 5. The average Bonchev–Trinajstić information content (AvgIpc) is 2.98. The number of ether oxygens (including phenoxy) is 1. The summed E-state index contributed by atoms with van der Waals surface area (Å²) >= 11 is 0. The molecule has 8 nitrogen and oxygen atoms in total. The first-order valence-electron chi connectivity index (χ1n) is 13.5. The maximum Gasteiger partial charge on any atom is 0.323 e. The molecule has 0 saturated heterocycles. The summed E-state index contributed by atoms with van der Waals surface area (Å²) in [5.74, 6) is -2.65. The molecule has 0 fully saturated rings. The molecule has 5 rings (SSSR count). The van der Waals surface area contributed by atoms with Gasteiger partial charge in [0.15, 0.2) is 0 Å². The lowest BCUT2D eigenvalue weighted by atomic mass is 10.0. The first-order valence-corrected chi connectivity index (χ1v) is 13.5. The zero-order valence-electron chi connectivity index (χ0n) is 24.3. The molecule has 0 saturated carbocycles. The number of urea groups is 1. The van der Waals surface area contributed by atoms with Crippen molar-refractivity contribution in [2.45, 2.75) is 20.0 Å². The van der Waals surface area contributed by atoms with Crippen LogP contribution in [0, 0.1) is 23.3 Å². The fourth-order valence-corrected chi connectivity index (χ4v) is 4.83. The van der Waals surface area contributed by atoms with Gasteiger partial charge in [-0.15, -0.1) is 12.4 Å². The molecular formula is C32H28ClF4N5O3. The predicted octanol–water partition coefficient (Wildman–Crippen LogP) is 7.35. The second-order valence-electron chi connectivity index (χ2n) is 9.96. The van der Waals surface area contributed by atoms with E-state index in [-0.39, 0.29) is 35.8 Å². The molecule has 2 aromatic heterocycles. The fraction of sp³-hybridized carbons (Fsp3) is 0.156. The molecular weight excluding hydrogens is 614 g/mol. The van der Waals surface area contributed by atoms with E-state index in [1.807, 2.05) is 36.2 Å². The van der Waals surface area contributed by atoms with E-state index in [9.17, 15) is 22.8 Å². The summed E-state index contributed by atoms with van der Waals surface area (Å²) in [5, 5.41) is 4.92. The number of nitrogens with zero attached hydrogens (tertiary/aromatic N) is 3. The minimum atomic E-state index is -1.12. The number of amides is 2. The van der Waals surface area contributed by atoms with Crippen LogP contribution >= 0.6 is 12.4 Å². The van der Waals surface area contributed by atoms with Crippen LogP contribution in [-0.2, 0) is 13.1 Å². The van der Waals surface area contributed by atoms with Crippen LogP contribution in [0.2, 0.25) is 0 Å². The molecule has 3 aromatic carbocycles. The highest BCUT2D eigenvalue weighted by Gasteiger charge is 2.19. The van der Waals surface area contributed by atoms with E-state index in [4.69, 9.17) is 4.74 Å². The van der Waals surface area contributed by atoms with Crippen LogP contribution in [0.5, 0.6) is 5.75 Å². The standard InChI is InChI=1S/C32H27F4N5O3.ClH/c1-4-41-29-15-30(40(2)17-18-5-7-23(44-3)8-6-18)37-16-19(29)9-25(31(41)42)24-13-28(27(36)14-26(24)35)39-32(43)38-22-11-20(33)10-21(34)12-22;/h5-16H,4,17H2,1-3H3,(H2,38,39,43);1H. The Morgan fingerprint density at radius 3 is 2.24 bits per heavy atom. The number of carbonyl (C=O) groups is 1. The SMILES string of the molecule is CCn1c(=O)c(-c2cc(NC(=O)Nc3cc(F)cc(F)c3)c(F)cc2F)cc2cnc(N(C)Cc3ccc(OC)cc3)cc21.Cl. The van der Waals surface area contributed by atoms with Gasteiger partial charge >= 0.3 is 6.03 Å². The third-order valence-electron chi connectivity index (χ3n) is 6.97. The number of rotatable bonds is 8. The molecule has 0 atom stereocenters. The summed E-state index contributed by atoms with van der Waals surface area (Å²) in [4.78, 5) is 32.5. The molecule has 234 valence electrons. The third-order valence-corrected chi connectivity index (χ3v) is 6.97. The molecule has 45 heavy (non-hydrogen) atoms. The highest BCUT2D eigenvalue weighted by Crippen LogP contribution is 2.30. The molecule has 0 unspecified atom stereocenters. The maximum atomic E-state index is 15.1. The molecule has 0 spiro atoms. The van der Waals surface area contributed by atoms with Crippen molar-refractivity contribution >= 4 is 46.5 Å². The van der Waals surface area contributed by atoms with Gasteiger partial charge in [0.25, 0.3) is 5.56 Å². The summed E-state index contributed by atoms with van der Waals surface area (Å²) < 4.78 is 63.4. The maximum absolute atomic E-state index is 15.1. The van der Waals surface area contributed by atoms with Gasteiger partial charge in [-0.25, -0.2) is 27.3 Å². The minimum Gasteiger partial charge on any atom is -0.497 e. The van der Waals surface area contributed by atoms with E-state index >= 15 is 4.39 Å². The van der Waals surface area contributed by atoms with Gasteiger partial charge in [-0.05, 0) is 48.9 Å². The second-order valence-corrected chi connectivity index (χ2v) is 9.96. The summed E-state index contributed by atoms with van der Waals surface area (Å²) in [6.45, 7) is 2.55. The largest absolute Gasteiger partial charge is 0.497 e. The van der Waals surface area contributed by atoms with E-state index in [1.165, 1.54) is 10.6 Å². The van der Waals surface area contributed by atoms with Gasteiger partial charge in [-0.3, -0.25) is 4.79 Å². The van der Waals surface area contributed by atoms with Crippen molar-refractivity contribution in [3.8, 4) is 16.9 Å². The Kier molecular flexibility index (Phi) is 9.98. The van der Waals surface area contributed by atoms with Crippen LogP contribution in [0.4, 0.5) is 39.5 Å². The topological polar surface area (TPSA) is 88.5 Å². The van der Waals surface area contributed by atoms with E-state index in [0.29, 0.717) is 35.4 Å². The molecule has 5 aromatic rings. The Morgan fingerprint density at radius 1 is 0.911 bits per heavy atom. The van der Waals surface area contributed by atoms with Gasteiger partial charge in [0.1, 0.15) is 34.8 Å². The average molecular weight is 642 g/mol. The molecule has 2 N–H and O–H groups in total. The first-order chi connectivity index (χ1) is 21.1. The molecule has 2 heterocycles. The lowest BCUT2D eigenvalue weighted by Crippen LogP contribution is -2.23. The van der Waals surface area contributed by atoms with Crippen molar-refractivity contribution in [3.05, 3.63) is 112 Å². The van der Waals surface area contributed by atoms with Crippen LogP contribution in [0.1, 0.15) is 12.5 Å². The number of hydrogen-bond donors (Lipinski definition) is 2. The Hall–Kier alpha value is -5.10. The van der Waals surface area contributed by atoms with Crippen molar-refractivity contribution in [3.63, 3.8) is 0 Å². The number of aromatic nitrogens is 2. The zero-order valence-corrected chi connectivity index (χ0v) is 25.1. The number of aryl methyl sites for hydroxylation is 1. The Morgan fingerprint density at radius 2 is 1.60 bits per heavy atom. The molecule has 0 aliphatic carbocycles. The Labute approximate surface area is 261 Å². The first kappa shape index (κ1) is 32.8. The lowest BCUT2D eigenvalue weighted by molar-refractivity contribution is 0.262. The minimum absolute atomic E-state index is 0. The van der Waals surface area contributed by atoms with Crippen LogP contribution in [0.15, 0.2) is 77.7 Å². The Balaban J connectivity index is 0.00000461. The normalized spacial score (nSPS) is 10.7. The molecule has 0 radical (unpaired) electrons. The van der Waals surface area contributed by atoms with Crippen molar-refractivity contribution < 1.29 is 27.1 Å². The molecule has 2 amide bonds. The van der Waals surface area contributed by atoms with Gasteiger partial charge in [-0.1, -0.05) is 12.1 Å². The summed E-state index contributed by atoms with van der Waals surface area (Å²) in [5.41, 5.74) is 0.0476. The third kappa shape index (κ3) is 7.18. The van der Waals surface area contributed by atoms with E-state index in [2.05, 4.69) is 15.6 Å². The number of nitrogens with one attached hydrogen (secondary N) is 2. The van der Waals surface area contributed by atoms with E-state index in [1.54, 1.807) is 26.3 Å². The van der Waals surface area contributed by atoms with Gasteiger partial charge in [0.2, 0.25) is 0 Å². The van der Waals surface area contributed by atoms with Gasteiger partial charge in [0.05, 0.1) is 23.9 Å². The van der Waals surface area contributed by atoms with Crippen LogP contribution < -0.4 is 25.8 Å².